The summed E-state index contributed by atoms with van der Waals surface area (Å²) < 4.78 is 28.5. The molecule has 1 saturated heterocycles. The molecule has 5 atom stereocenters. The zero-order valence-electron chi connectivity index (χ0n) is 15.4. The maximum atomic E-state index is 13.4. The fourth-order valence-corrected chi connectivity index (χ4v) is 8.31. The zero-order chi connectivity index (χ0) is 19.3. The summed E-state index contributed by atoms with van der Waals surface area (Å²) in [6, 6.07) is 4.49. The first-order chi connectivity index (χ1) is 12.8. The normalized spacial score (nSPS) is 34.3. The first-order valence-electron chi connectivity index (χ1n) is 9.83. The third-order valence-electron chi connectivity index (χ3n) is 6.89. The van der Waals surface area contributed by atoms with E-state index >= 15 is 0 Å². The van der Waals surface area contributed by atoms with E-state index < -0.39 is 10.0 Å². The average molecular weight is 430 g/mol. The third-order valence-corrected chi connectivity index (χ3v) is 9.23. The van der Waals surface area contributed by atoms with Crippen LogP contribution in [0.4, 0.5) is 0 Å². The van der Waals surface area contributed by atoms with Crippen LogP contribution in [0.15, 0.2) is 23.1 Å². The Kier molecular flexibility index (Phi) is 5.34. The zero-order valence-corrected chi connectivity index (χ0v) is 17.7. The van der Waals surface area contributed by atoms with Gasteiger partial charge in [0.25, 0.3) is 0 Å². The lowest BCUT2D eigenvalue weighted by atomic mass is 9.56. The van der Waals surface area contributed by atoms with Gasteiger partial charge in [0.2, 0.25) is 10.0 Å². The molecule has 4 nitrogen and oxygen atoms in total. The van der Waals surface area contributed by atoms with Crippen molar-refractivity contribution in [2.75, 3.05) is 6.54 Å². The summed E-state index contributed by atoms with van der Waals surface area (Å²) in [4.78, 5) is 12.8. The Morgan fingerprint density at radius 2 is 1.81 bits per heavy atom. The molecule has 0 spiro atoms. The molecule has 0 N–H and O–H groups in total. The van der Waals surface area contributed by atoms with Gasteiger partial charge < -0.3 is 0 Å². The molecular weight excluding hydrogens is 405 g/mol. The summed E-state index contributed by atoms with van der Waals surface area (Å²) in [6.45, 7) is 2.55. The monoisotopic (exact) mass is 429 g/mol. The number of benzene rings is 1. The van der Waals surface area contributed by atoms with Gasteiger partial charge in [-0.1, -0.05) is 36.5 Å². The van der Waals surface area contributed by atoms with Gasteiger partial charge in [-0.2, -0.15) is 4.31 Å². The van der Waals surface area contributed by atoms with E-state index in [1.165, 1.54) is 12.1 Å². The minimum Gasteiger partial charge on any atom is -0.299 e. The molecule has 2 saturated carbocycles. The largest absolute Gasteiger partial charge is 0.299 e. The van der Waals surface area contributed by atoms with Crippen LogP contribution in [0.3, 0.4) is 0 Å². The summed E-state index contributed by atoms with van der Waals surface area (Å²) in [7, 11) is -3.67. The molecular formula is C20H25Cl2NO3S. The molecule has 1 heterocycles. The van der Waals surface area contributed by atoms with Gasteiger partial charge in [-0.15, -0.1) is 0 Å². The summed E-state index contributed by atoms with van der Waals surface area (Å²) >= 11 is 12.1. The molecule has 3 fully saturated rings. The number of rotatable bonds is 3. The smallest absolute Gasteiger partial charge is 0.243 e. The highest BCUT2D eigenvalue weighted by molar-refractivity contribution is 7.89. The molecule has 0 radical (unpaired) electrons. The van der Waals surface area contributed by atoms with Crippen LogP contribution in [0, 0.1) is 23.7 Å². The van der Waals surface area contributed by atoms with E-state index in [1.54, 1.807) is 10.4 Å². The Morgan fingerprint density at radius 3 is 2.48 bits per heavy atom. The Labute approximate surface area is 171 Å². The van der Waals surface area contributed by atoms with Crippen molar-refractivity contribution in [1.29, 1.82) is 0 Å². The van der Waals surface area contributed by atoms with Crippen LogP contribution in [-0.4, -0.2) is 31.1 Å². The summed E-state index contributed by atoms with van der Waals surface area (Å²) in [5.41, 5.74) is 0. The van der Waals surface area contributed by atoms with Crippen molar-refractivity contribution in [3.63, 3.8) is 0 Å². The number of hydrogen-bond acceptors (Lipinski definition) is 3. The summed E-state index contributed by atoms with van der Waals surface area (Å²) in [5, 5.41) is 0.651. The Morgan fingerprint density at radius 1 is 1.11 bits per heavy atom. The lowest BCUT2D eigenvalue weighted by Crippen LogP contribution is -2.59. The van der Waals surface area contributed by atoms with Crippen molar-refractivity contribution in [2.45, 2.75) is 56.4 Å². The number of halogens is 2. The predicted octanol–water partition coefficient (Wildman–Crippen LogP) is 4.79. The van der Waals surface area contributed by atoms with Crippen LogP contribution >= 0.6 is 23.2 Å². The molecule has 27 heavy (non-hydrogen) atoms. The van der Waals surface area contributed by atoms with Crippen LogP contribution in [0.1, 0.15) is 45.4 Å². The van der Waals surface area contributed by atoms with Gasteiger partial charge in [0.1, 0.15) is 5.78 Å². The first-order valence-corrected chi connectivity index (χ1v) is 12.0. The Bertz CT molecular complexity index is 837. The van der Waals surface area contributed by atoms with Gasteiger partial charge in [0.05, 0.1) is 4.90 Å². The highest BCUT2D eigenvalue weighted by atomic mass is 35.5. The topological polar surface area (TPSA) is 54.5 Å². The lowest BCUT2D eigenvalue weighted by Gasteiger charge is -2.54. The number of hydrogen-bond donors (Lipinski definition) is 0. The maximum absolute atomic E-state index is 13.4. The third kappa shape index (κ3) is 3.35. The number of Topliss-reactive ketones (excluding diaryl/α,β-unsaturated/α-hetero) is 1. The fourth-order valence-electron chi connectivity index (χ4n) is 5.88. The average Bonchev–Trinajstić information content (AvgIpc) is 2.61. The fraction of sp³-hybridized carbons (Fsp3) is 0.650. The van der Waals surface area contributed by atoms with Crippen LogP contribution in [0.2, 0.25) is 10.0 Å². The summed E-state index contributed by atoms with van der Waals surface area (Å²) in [5.74, 6) is 1.42. The Hall–Kier alpha value is -0.620. The van der Waals surface area contributed by atoms with E-state index in [0.29, 0.717) is 46.5 Å². The number of ketones is 1. The Balaban J connectivity index is 1.70. The van der Waals surface area contributed by atoms with Crippen molar-refractivity contribution < 1.29 is 13.2 Å². The van der Waals surface area contributed by atoms with Gasteiger partial charge in [-0.05, 0) is 61.6 Å². The van der Waals surface area contributed by atoms with Gasteiger partial charge in [-0.25, -0.2) is 8.42 Å². The predicted molar refractivity (Wildman–Crippen MR) is 106 cm³/mol. The lowest BCUT2D eigenvalue weighted by molar-refractivity contribution is -0.136. The molecule has 3 aliphatic rings. The number of carbonyl (C=O) groups is 1. The van der Waals surface area contributed by atoms with Gasteiger partial charge in [0, 0.05) is 35.0 Å². The number of piperidine rings is 1. The standard InChI is InChI=1S/C20H25Cl2NO3S/c1-2-16-17-4-3-5-18-20(17)12(8-19(16)24)6-7-23(18)27(25,26)15-10-13(21)9-14(22)11-15/h9-12,16-18,20H,2-8H2,1H3/t12-,16+,17+,18+,20+/m1/s1. The van der Waals surface area contributed by atoms with Crippen molar-refractivity contribution in [3.05, 3.63) is 28.2 Å². The highest BCUT2D eigenvalue weighted by Crippen LogP contribution is 2.52. The highest BCUT2D eigenvalue weighted by Gasteiger charge is 2.53. The molecule has 148 valence electrons. The van der Waals surface area contributed by atoms with Crippen molar-refractivity contribution in [2.24, 2.45) is 23.7 Å². The van der Waals surface area contributed by atoms with Crippen LogP contribution < -0.4 is 0 Å². The van der Waals surface area contributed by atoms with Gasteiger partial charge in [0.15, 0.2) is 0 Å². The minimum atomic E-state index is -3.67. The van der Waals surface area contributed by atoms with E-state index in [-0.39, 0.29) is 16.9 Å². The SMILES string of the molecule is CC[C@@H]1C(=O)C[C@H]2CCN(S(=O)(=O)c3cc(Cl)cc(Cl)c3)[C@H]3CCC[C@@H]1[C@H]23. The molecule has 7 heteroatoms. The number of nitrogens with zero attached hydrogens (tertiary/aromatic N) is 1. The van der Waals surface area contributed by atoms with E-state index in [4.69, 9.17) is 23.2 Å². The first kappa shape index (κ1) is 19.7. The maximum Gasteiger partial charge on any atom is 0.243 e. The van der Waals surface area contributed by atoms with Crippen molar-refractivity contribution >= 4 is 39.0 Å². The second-order valence-corrected chi connectivity index (χ2v) is 11.0. The quantitative estimate of drug-likeness (QED) is 0.693. The molecule has 0 bridgehead atoms. The molecule has 4 rings (SSSR count). The second-order valence-electron chi connectivity index (χ2n) is 8.19. The molecule has 0 amide bonds. The van der Waals surface area contributed by atoms with Crippen LogP contribution in [0.5, 0.6) is 0 Å². The molecule has 0 unspecified atom stereocenters. The number of carbonyl (C=O) groups excluding carboxylic acids is 1. The van der Waals surface area contributed by atoms with E-state index in [9.17, 15) is 13.2 Å². The number of sulfonamides is 1. The summed E-state index contributed by atoms with van der Waals surface area (Å²) in [6.07, 6.45) is 5.12. The van der Waals surface area contributed by atoms with E-state index in [2.05, 4.69) is 6.92 Å². The molecule has 2 aliphatic carbocycles. The van der Waals surface area contributed by atoms with Gasteiger partial charge >= 0.3 is 0 Å². The van der Waals surface area contributed by atoms with E-state index in [0.717, 1.165) is 32.1 Å². The van der Waals surface area contributed by atoms with E-state index in [1.807, 2.05) is 0 Å². The van der Waals surface area contributed by atoms with Crippen molar-refractivity contribution in [3.8, 4) is 0 Å². The van der Waals surface area contributed by atoms with Crippen LogP contribution in [-0.2, 0) is 14.8 Å². The molecule has 1 aromatic carbocycles. The molecule has 1 aliphatic heterocycles. The van der Waals surface area contributed by atoms with Gasteiger partial charge in [-0.3, -0.25) is 4.79 Å². The van der Waals surface area contributed by atoms with Crippen LogP contribution in [0.25, 0.3) is 0 Å². The molecule has 0 aromatic heterocycles. The second kappa shape index (κ2) is 7.33. The minimum absolute atomic E-state index is 0.0209. The molecule has 1 aromatic rings. The van der Waals surface area contributed by atoms with Crippen molar-refractivity contribution in [1.82, 2.24) is 4.31 Å².